The third-order valence-electron chi connectivity index (χ3n) is 3.57. The van der Waals surface area contributed by atoms with Crippen LogP contribution in [0.25, 0.3) is 0 Å². The minimum absolute atomic E-state index is 0.0477. The van der Waals surface area contributed by atoms with Crippen LogP contribution in [0.1, 0.15) is 28.8 Å². The average molecular weight is 266 g/mol. The maximum atomic E-state index is 14.0. The minimum atomic E-state index is -0.488. The lowest BCUT2D eigenvalue weighted by Gasteiger charge is -2.31. The van der Waals surface area contributed by atoms with Gasteiger partial charge in [0.05, 0.1) is 5.56 Å². The predicted octanol–water partition coefficient (Wildman–Crippen LogP) is 1.97. The van der Waals surface area contributed by atoms with Gasteiger partial charge in [-0.05, 0) is 37.5 Å². The van der Waals surface area contributed by atoms with Crippen molar-refractivity contribution in [1.29, 1.82) is 0 Å². The van der Waals surface area contributed by atoms with Gasteiger partial charge >= 0.3 is 0 Å². The first-order chi connectivity index (χ1) is 9.00. The lowest BCUT2D eigenvalue weighted by atomic mass is 10.0. The van der Waals surface area contributed by atoms with Crippen molar-refractivity contribution >= 4 is 11.6 Å². The number of anilines is 1. The second kappa shape index (κ2) is 5.57. The number of carbonyl (C=O) groups excluding carboxylic acids is 1. The summed E-state index contributed by atoms with van der Waals surface area (Å²) in [4.78, 5) is 14.0. The van der Waals surface area contributed by atoms with Crippen LogP contribution in [0.3, 0.4) is 0 Å². The second-order valence-electron chi connectivity index (χ2n) is 4.96. The van der Waals surface area contributed by atoms with Gasteiger partial charge in [0.25, 0.3) is 5.91 Å². The van der Waals surface area contributed by atoms with Gasteiger partial charge in [0.15, 0.2) is 0 Å². The molecular formula is C14H19FN2O2. The van der Waals surface area contributed by atoms with Crippen LogP contribution in [0.15, 0.2) is 12.1 Å². The van der Waals surface area contributed by atoms with Gasteiger partial charge in [0, 0.05) is 32.0 Å². The highest BCUT2D eigenvalue weighted by Crippen LogP contribution is 2.21. The molecule has 2 rings (SSSR count). The number of ether oxygens (including phenoxy) is 1. The Hall–Kier alpha value is -1.62. The predicted molar refractivity (Wildman–Crippen MR) is 71.5 cm³/mol. The fourth-order valence-corrected chi connectivity index (χ4v) is 2.38. The number of halogens is 1. The van der Waals surface area contributed by atoms with Crippen molar-refractivity contribution in [1.82, 2.24) is 4.90 Å². The normalized spacial score (nSPS) is 16.4. The molecule has 1 aromatic rings. The lowest BCUT2D eigenvalue weighted by molar-refractivity contribution is 0.0359. The van der Waals surface area contributed by atoms with Gasteiger partial charge < -0.3 is 15.4 Å². The number of hydrogen-bond donors (Lipinski definition) is 1. The Morgan fingerprint density at radius 1 is 1.42 bits per heavy atom. The molecule has 5 heteroatoms. The zero-order valence-electron chi connectivity index (χ0n) is 11.3. The van der Waals surface area contributed by atoms with Crippen LogP contribution in [0.5, 0.6) is 0 Å². The summed E-state index contributed by atoms with van der Waals surface area (Å²) in [6.45, 7) is 2.89. The van der Waals surface area contributed by atoms with Crippen LogP contribution < -0.4 is 5.73 Å². The summed E-state index contributed by atoms with van der Waals surface area (Å²) in [5.41, 5.74) is 6.53. The highest BCUT2D eigenvalue weighted by atomic mass is 19.1. The molecule has 2 N–H and O–H groups in total. The standard InChI is InChI=1S/C14H19FN2O2/c1-9-7-10(16)8-12(13(9)15)14(18)17(2)11-3-5-19-6-4-11/h7-8,11H,3-6,16H2,1-2H3. The SMILES string of the molecule is Cc1cc(N)cc(C(=O)N(C)C2CCOCC2)c1F. The van der Waals surface area contributed by atoms with E-state index in [1.165, 1.54) is 12.1 Å². The summed E-state index contributed by atoms with van der Waals surface area (Å²) in [5, 5.41) is 0. The second-order valence-corrected chi connectivity index (χ2v) is 4.96. The highest BCUT2D eigenvalue weighted by molar-refractivity contribution is 5.95. The van der Waals surface area contributed by atoms with E-state index in [1.54, 1.807) is 18.9 Å². The molecular weight excluding hydrogens is 247 g/mol. The Kier molecular flexibility index (Phi) is 4.04. The monoisotopic (exact) mass is 266 g/mol. The van der Waals surface area contributed by atoms with Crippen LogP contribution in [-0.2, 0) is 4.74 Å². The first kappa shape index (κ1) is 13.8. The minimum Gasteiger partial charge on any atom is -0.399 e. The number of aryl methyl sites for hydroxylation is 1. The molecule has 1 fully saturated rings. The van der Waals surface area contributed by atoms with Gasteiger partial charge in [-0.1, -0.05) is 0 Å². The van der Waals surface area contributed by atoms with Crippen molar-refractivity contribution < 1.29 is 13.9 Å². The Morgan fingerprint density at radius 3 is 2.68 bits per heavy atom. The zero-order valence-corrected chi connectivity index (χ0v) is 11.3. The van der Waals surface area contributed by atoms with Gasteiger partial charge in [0.1, 0.15) is 5.82 Å². The molecule has 0 atom stereocenters. The maximum absolute atomic E-state index is 14.0. The summed E-state index contributed by atoms with van der Waals surface area (Å²) >= 11 is 0. The van der Waals surface area contributed by atoms with Gasteiger partial charge in [-0.2, -0.15) is 0 Å². The molecule has 19 heavy (non-hydrogen) atoms. The van der Waals surface area contributed by atoms with Crippen molar-refractivity contribution in [2.24, 2.45) is 0 Å². The van der Waals surface area contributed by atoms with E-state index in [2.05, 4.69) is 0 Å². The van der Waals surface area contributed by atoms with Crippen LogP contribution in [0.2, 0.25) is 0 Å². The summed E-state index contributed by atoms with van der Waals surface area (Å²) < 4.78 is 19.3. The fourth-order valence-electron chi connectivity index (χ4n) is 2.38. The first-order valence-corrected chi connectivity index (χ1v) is 6.41. The van der Waals surface area contributed by atoms with Crippen molar-refractivity contribution in [2.75, 3.05) is 26.0 Å². The van der Waals surface area contributed by atoms with Crippen molar-refractivity contribution in [2.45, 2.75) is 25.8 Å². The molecule has 1 heterocycles. The molecule has 1 saturated heterocycles. The van der Waals surface area contributed by atoms with Crippen LogP contribution in [-0.4, -0.2) is 37.1 Å². The van der Waals surface area contributed by atoms with Gasteiger partial charge in [0.2, 0.25) is 0 Å². The number of rotatable bonds is 2. The summed E-state index contributed by atoms with van der Waals surface area (Å²) in [6.07, 6.45) is 1.57. The Labute approximate surface area is 112 Å². The van der Waals surface area contributed by atoms with Crippen LogP contribution in [0.4, 0.5) is 10.1 Å². The molecule has 4 nitrogen and oxygen atoms in total. The number of nitrogen functional groups attached to an aromatic ring is 1. The Bertz CT molecular complexity index is 485. The molecule has 1 aliphatic heterocycles. The van der Waals surface area contributed by atoms with E-state index in [0.29, 0.717) is 24.5 Å². The number of nitrogens with two attached hydrogens (primary N) is 1. The lowest BCUT2D eigenvalue weighted by Crippen LogP contribution is -2.41. The molecule has 0 aromatic heterocycles. The number of hydrogen-bond acceptors (Lipinski definition) is 3. The topological polar surface area (TPSA) is 55.6 Å². The third-order valence-corrected chi connectivity index (χ3v) is 3.57. The van der Waals surface area contributed by atoms with E-state index >= 15 is 0 Å². The molecule has 0 unspecified atom stereocenters. The Morgan fingerprint density at radius 2 is 2.05 bits per heavy atom. The maximum Gasteiger partial charge on any atom is 0.256 e. The van der Waals surface area contributed by atoms with Gasteiger partial charge in [-0.3, -0.25) is 4.79 Å². The van der Waals surface area contributed by atoms with Crippen molar-refractivity contribution in [3.8, 4) is 0 Å². The number of nitrogens with zero attached hydrogens (tertiary/aromatic N) is 1. The highest BCUT2D eigenvalue weighted by Gasteiger charge is 2.25. The van der Waals surface area contributed by atoms with E-state index in [0.717, 1.165) is 12.8 Å². The van der Waals surface area contributed by atoms with Gasteiger partial charge in [-0.25, -0.2) is 4.39 Å². The summed E-state index contributed by atoms with van der Waals surface area (Å²) in [7, 11) is 1.70. The smallest absolute Gasteiger partial charge is 0.256 e. The van der Waals surface area contributed by atoms with E-state index in [1.807, 2.05) is 0 Å². The van der Waals surface area contributed by atoms with Gasteiger partial charge in [-0.15, -0.1) is 0 Å². The fraction of sp³-hybridized carbons (Fsp3) is 0.500. The molecule has 0 bridgehead atoms. The van der Waals surface area contributed by atoms with E-state index in [-0.39, 0.29) is 17.5 Å². The van der Waals surface area contributed by atoms with E-state index < -0.39 is 5.82 Å². The molecule has 1 amide bonds. The van der Waals surface area contributed by atoms with Crippen LogP contribution >= 0.6 is 0 Å². The summed E-state index contributed by atoms with van der Waals surface area (Å²) in [6, 6.07) is 3.03. The molecule has 0 saturated carbocycles. The number of amides is 1. The third kappa shape index (κ3) is 2.87. The molecule has 1 aromatic carbocycles. The average Bonchev–Trinajstić information content (AvgIpc) is 2.42. The Balaban J connectivity index is 2.23. The van der Waals surface area contributed by atoms with Crippen molar-refractivity contribution in [3.63, 3.8) is 0 Å². The van der Waals surface area contributed by atoms with E-state index in [9.17, 15) is 9.18 Å². The molecule has 0 aliphatic carbocycles. The largest absolute Gasteiger partial charge is 0.399 e. The number of benzene rings is 1. The summed E-state index contributed by atoms with van der Waals surface area (Å²) in [5.74, 6) is -0.807. The first-order valence-electron chi connectivity index (χ1n) is 6.41. The van der Waals surface area contributed by atoms with Crippen LogP contribution in [0, 0.1) is 12.7 Å². The molecule has 104 valence electrons. The van der Waals surface area contributed by atoms with Crippen molar-refractivity contribution in [3.05, 3.63) is 29.1 Å². The molecule has 0 radical (unpaired) electrons. The molecule has 1 aliphatic rings. The quantitative estimate of drug-likeness (QED) is 0.833. The molecule has 0 spiro atoms. The zero-order chi connectivity index (χ0) is 14.0. The number of carbonyl (C=O) groups is 1. The van der Waals surface area contributed by atoms with E-state index in [4.69, 9.17) is 10.5 Å².